The summed E-state index contributed by atoms with van der Waals surface area (Å²) in [4.78, 5) is 17.9. The Balaban J connectivity index is 1.79. The minimum atomic E-state index is -3.49. The highest BCUT2D eigenvalue weighted by atomic mass is 32.2. The van der Waals surface area contributed by atoms with Crippen molar-refractivity contribution in [2.75, 3.05) is 5.75 Å². The first kappa shape index (κ1) is 20.5. The Morgan fingerprint density at radius 1 is 1.04 bits per heavy atom. The van der Waals surface area contributed by atoms with Crippen LogP contribution in [0.4, 0.5) is 0 Å². The molecule has 150 valence electrons. The predicted molar refractivity (Wildman–Crippen MR) is 110 cm³/mol. The second kappa shape index (κ2) is 8.86. The van der Waals surface area contributed by atoms with Crippen molar-refractivity contribution in [2.24, 2.45) is 4.99 Å². The Morgan fingerprint density at radius 3 is 2.39 bits per heavy atom. The quantitative estimate of drug-likeness (QED) is 0.766. The van der Waals surface area contributed by atoms with Crippen LogP contribution in [0.1, 0.15) is 54.4 Å². The number of pyridine rings is 1. The summed E-state index contributed by atoms with van der Waals surface area (Å²) in [6.07, 6.45) is 7.31. The molecule has 0 N–H and O–H groups in total. The van der Waals surface area contributed by atoms with E-state index >= 15 is 0 Å². The number of carbonyl (C=O) groups is 1. The fourth-order valence-corrected chi connectivity index (χ4v) is 4.73. The van der Waals surface area contributed by atoms with Gasteiger partial charge in [-0.2, -0.15) is 0 Å². The predicted octanol–water partition coefficient (Wildman–Crippen LogP) is 3.84. The van der Waals surface area contributed by atoms with Crippen molar-refractivity contribution in [1.82, 2.24) is 4.57 Å². The van der Waals surface area contributed by atoms with Gasteiger partial charge < -0.3 is 0 Å². The summed E-state index contributed by atoms with van der Waals surface area (Å²) in [6.45, 7) is 3.88. The summed E-state index contributed by atoms with van der Waals surface area (Å²) >= 11 is 0. The number of carbonyl (C=O) groups excluding carboxylic acids is 1. The second-order valence-electron chi connectivity index (χ2n) is 7.63. The molecule has 1 aromatic carbocycles. The minimum Gasteiger partial charge on any atom is -0.274 e. The summed E-state index contributed by atoms with van der Waals surface area (Å²) in [5, 5.41) is 0. The van der Waals surface area contributed by atoms with Crippen LogP contribution in [-0.4, -0.2) is 30.7 Å². The van der Waals surface area contributed by atoms with Gasteiger partial charge in [0.25, 0.3) is 0 Å². The fourth-order valence-electron chi connectivity index (χ4n) is 3.50. The first-order valence-electron chi connectivity index (χ1n) is 9.91. The lowest BCUT2D eigenvalue weighted by atomic mass is 9.96. The van der Waals surface area contributed by atoms with E-state index in [1.54, 1.807) is 30.5 Å². The fraction of sp³-hybridized carbons (Fsp3) is 0.455. The van der Waals surface area contributed by atoms with Crippen molar-refractivity contribution in [2.45, 2.75) is 63.3 Å². The van der Waals surface area contributed by atoms with E-state index in [0.29, 0.717) is 5.49 Å². The Morgan fingerprint density at radius 2 is 1.71 bits per heavy atom. The maximum Gasteiger partial charge on any atom is 0.233 e. The summed E-state index contributed by atoms with van der Waals surface area (Å²) < 4.78 is 26.6. The third kappa shape index (κ3) is 5.19. The van der Waals surface area contributed by atoms with E-state index in [4.69, 9.17) is 4.99 Å². The number of rotatable bonds is 5. The third-order valence-electron chi connectivity index (χ3n) is 5.21. The van der Waals surface area contributed by atoms with Crippen molar-refractivity contribution in [1.29, 1.82) is 0 Å². The molecule has 0 unspecified atom stereocenters. The molecule has 0 spiro atoms. The third-order valence-corrected chi connectivity index (χ3v) is 6.95. The molecule has 1 heterocycles. The molecule has 0 saturated heterocycles. The van der Waals surface area contributed by atoms with E-state index in [1.807, 2.05) is 26.0 Å². The Bertz CT molecular complexity index is 999. The van der Waals surface area contributed by atoms with Crippen LogP contribution >= 0.6 is 0 Å². The Hall–Kier alpha value is -2.21. The summed E-state index contributed by atoms with van der Waals surface area (Å²) in [6, 6.07) is 10.7. The number of hydrogen-bond donors (Lipinski definition) is 0. The van der Waals surface area contributed by atoms with E-state index in [9.17, 15) is 13.2 Å². The van der Waals surface area contributed by atoms with Gasteiger partial charge in [-0.1, -0.05) is 37.0 Å². The van der Waals surface area contributed by atoms with E-state index in [1.165, 1.54) is 23.8 Å². The van der Waals surface area contributed by atoms with E-state index in [-0.39, 0.29) is 29.0 Å². The molecule has 5 nitrogen and oxygen atoms in total. The standard InChI is InChI=1S/C22H28N2O3S/c1-17-8-10-20(11-9-17)28(26,27)15-13-22(25)24-14-12-18(2)16-21(24)23-19-6-4-3-5-7-19/h8-12,14,16,19H,3-7,13,15H2,1-2H3. The first-order valence-corrected chi connectivity index (χ1v) is 11.6. The van der Waals surface area contributed by atoms with Gasteiger partial charge in [-0.05, 0) is 56.5 Å². The maximum atomic E-state index is 12.8. The highest BCUT2D eigenvalue weighted by Gasteiger charge is 2.18. The lowest BCUT2D eigenvalue weighted by Crippen LogP contribution is -2.30. The summed E-state index contributed by atoms with van der Waals surface area (Å²) in [5.74, 6) is -0.455. The largest absolute Gasteiger partial charge is 0.274 e. The van der Waals surface area contributed by atoms with Crippen LogP contribution < -0.4 is 5.49 Å². The van der Waals surface area contributed by atoms with Crippen molar-refractivity contribution in [3.63, 3.8) is 0 Å². The zero-order valence-electron chi connectivity index (χ0n) is 16.6. The number of sulfone groups is 1. The molecular formula is C22H28N2O3S. The van der Waals surface area contributed by atoms with Gasteiger partial charge >= 0.3 is 0 Å². The smallest absolute Gasteiger partial charge is 0.233 e. The van der Waals surface area contributed by atoms with Crippen LogP contribution in [0.3, 0.4) is 0 Å². The normalized spacial score (nSPS) is 16.3. The molecule has 1 fully saturated rings. The van der Waals surface area contributed by atoms with Crippen LogP contribution in [0.5, 0.6) is 0 Å². The van der Waals surface area contributed by atoms with Gasteiger partial charge in [-0.15, -0.1) is 0 Å². The second-order valence-corrected chi connectivity index (χ2v) is 9.74. The molecule has 1 aromatic heterocycles. The SMILES string of the molecule is Cc1ccc(S(=O)(=O)CCC(=O)n2ccc(C)cc2=NC2CCCCC2)cc1. The van der Waals surface area contributed by atoms with E-state index in [2.05, 4.69) is 0 Å². The van der Waals surface area contributed by atoms with Gasteiger partial charge in [0, 0.05) is 12.6 Å². The van der Waals surface area contributed by atoms with Crippen molar-refractivity contribution in [3.05, 3.63) is 59.2 Å². The highest BCUT2D eigenvalue weighted by molar-refractivity contribution is 7.91. The van der Waals surface area contributed by atoms with Crippen molar-refractivity contribution < 1.29 is 13.2 Å². The van der Waals surface area contributed by atoms with E-state index in [0.717, 1.165) is 24.0 Å². The molecule has 0 amide bonds. The first-order chi connectivity index (χ1) is 13.3. The Labute approximate surface area is 167 Å². The number of hydrogen-bond acceptors (Lipinski definition) is 4. The van der Waals surface area contributed by atoms with Crippen LogP contribution in [0.15, 0.2) is 52.5 Å². The van der Waals surface area contributed by atoms with Crippen LogP contribution in [0, 0.1) is 13.8 Å². The van der Waals surface area contributed by atoms with Crippen LogP contribution in [0.2, 0.25) is 0 Å². The maximum absolute atomic E-state index is 12.8. The number of nitrogens with zero attached hydrogens (tertiary/aromatic N) is 2. The Kier molecular flexibility index (Phi) is 6.50. The van der Waals surface area contributed by atoms with Gasteiger partial charge in [-0.25, -0.2) is 8.42 Å². The average Bonchev–Trinajstić information content (AvgIpc) is 2.67. The summed E-state index contributed by atoms with van der Waals surface area (Å²) in [5.41, 5.74) is 2.66. The molecule has 0 radical (unpaired) electrons. The molecule has 0 aliphatic heterocycles. The number of benzene rings is 1. The zero-order valence-corrected chi connectivity index (χ0v) is 17.4. The van der Waals surface area contributed by atoms with Gasteiger partial charge in [0.05, 0.1) is 16.7 Å². The molecule has 2 aromatic rings. The molecule has 1 saturated carbocycles. The van der Waals surface area contributed by atoms with Gasteiger partial charge in [0.1, 0.15) is 5.49 Å². The average molecular weight is 401 g/mol. The molecule has 1 aliphatic carbocycles. The van der Waals surface area contributed by atoms with Gasteiger partial charge in [0.2, 0.25) is 5.91 Å². The molecule has 6 heteroatoms. The van der Waals surface area contributed by atoms with E-state index < -0.39 is 9.84 Å². The monoisotopic (exact) mass is 400 g/mol. The van der Waals surface area contributed by atoms with Crippen molar-refractivity contribution >= 4 is 15.7 Å². The highest BCUT2D eigenvalue weighted by Crippen LogP contribution is 2.19. The van der Waals surface area contributed by atoms with Gasteiger partial charge in [0.15, 0.2) is 9.84 Å². The van der Waals surface area contributed by atoms with Crippen LogP contribution in [0.25, 0.3) is 0 Å². The topological polar surface area (TPSA) is 68.5 Å². The zero-order chi connectivity index (χ0) is 20.1. The minimum absolute atomic E-state index is 0.0723. The number of aryl methyl sites for hydroxylation is 2. The summed E-state index contributed by atoms with van der Waals surface area (Å²) in [7, 11) is -3.49. The molecule has 3 rings (SSSR count). The van der Waals surface area contributed by atoms with Crippen LogP contribution in [-0.2, 0) is 9.84 Å². The van der Waals surface area contributed by atoms with Crippen molar-refractivity contribution in [3.8, 4) is 0 Å². The molecule has 28 heavy (non-hydrogen) atoms. The lowest BCUT2D eigenvalue weighted by Gasteiger charge is -2.18. The molecular weight excluding hydrogens is 372 g/mol. The van der Waals surface area contributed by atoms with Gasteiger partial charge in [-0.3, -0.25) is 14.4 Å². The molecule has 0 bridgehead atoms. The molecule has 0 atom stereocenters. The lowest BCUT2D eigenvalue weighted by molar-refractivity contribution is 0.0903. The number of aromatic nitrogens is 1. The molecule has 1 aliphatic rings.